The van der Waals surface area contributed by atoms with Crippen molar-refractivity contribution in [2.24, 2.45) is 23.2 Å². The molecule has 0 aromatic carbocycles. The Morgan fingerprint density at radius 2 is 0.923 bits per heavy atom. The van der Waals surface area contributed by atoms with Crippen molar-refractivity contribution in [3.63, 3.8) is 0 Å². The van der Waals surface area contributed by atoms with Gasteiger partial charge in [0.05, 0.1) is 5.41 Å². The van der Waals surface area contributed by atoms with Crippen molar-refractivity contribution in [2.45, 2.75) is 123 Å². The Bertz CT molecular complexity index is 398. The molecule has 0 saturated heterocycles. The minimum Gasteiger partial charge on any atom is -0.458 e. The van der Waals surface area contributed by atoms with Gasteiger partial charge < -0.3 is 4.74 Å². The molecule has 0 N–H and O–H groups in total. The van der Waals surface area contributed by atoms with E-state index in [1.54, 1.807) is 0 Å². The largest absolute Gasteiger partial charge is 0.458 e. The molecule has 2 heteroatoms. The monoisotopic (exact) mass is 362 g/mol. The summed E-state index contributed by atoms with van der Waals surface area (Å²) in [5.74, 6) is 1.87. The fourth-order valence-corrected chi connectivity index (χ4v) is 6.22. The number of carbonyl (C=O) groups excluding carboxylic acids is 1. The second-order valence-corrected chi connectivity index (χ2v) is 10.5. The predicted molar refractivity (Wildman–Crippen MR) is 108 cm³/mol. The molecule has 2 nitrogen and oxygen atoms in total. The first-order valence-electron chi connectivity index (χ1n) is 11.7. The van der Waals surface area contributed by atoms with E-state index >= 15 is 0 Å². The van der Waals surface area contributed by atoms with Crippen molar-refractivity contribution in [1.29, 1.82) is 0 Å². The van der Waals surface area contributed by atoms with Crippen molar-refractivity contribution in [2.75, 3.05) is 0 Å². The number of carbonyl (C=O) groups is 1. The maximum atomic E-state index is 13.2. The molecule has 3 rings (SSSR count). The maximum absolute atomic E-state index is 13.2. The summed E-state index contributed by atoms with van der Waals surface area (Å²) in [7, 11) is 0. The molecule has 0 aliphatic heterocycles. The van der Waals surface area contributed by atoms with E-state index in [4.69, 9.17) is 4.74 Å². The van der Waals surface area contributed by atoms with Gasteiger partial charge in [-0.1, -0.05) is 57.8 Å². The second kappa shape index (κ2) is 8.65. The fraction of sp³-hybridized carbons (Fsp3) is 0.958. The van der Waals surface area contributed by atoms with E-state index in [0.29, 0.717) is 17.8 Å². The third-order valence-electron chi connectivity index (χ3n) is 7.61. The van der Waals surface area contributed by atoms with Gasteiger partial charge >= 0.3 is 5.97 Å². The summed E-state index contributed by atoms with van der Waals surface area (Å²) in [6, 6.07) is 0. The zero-order valence-electron chi connectivity index (χ0n) is 17.7. The van der Waals surface area contributed by atoms with E-state index in [1.165, 1.54) is 96.3 Å². The van der Waals surface area contributed by atoms with Gasteiger partial charge in [0, 0.05) is 0 Å². The van der Waals surface area contributed by atoms with Crippen LogP contribution in [0.1, 0.15) is 117 Å². The summed E-state index contributed by atoms with van der Waals surface area (Å²) in [4.78, 5) is 13.2. The first-order valence-corrected chi connectivity index (χ1v) is 11.7. The van der Waals surface area contributed by atoms with Crippen LogP contribution in [0.4, 0.5) is 0 Å². The third kappa shape index (κ3) is 4.30. The van der Waals surface area contributed by atoms with E-state index in [9.17, 15) is 4.79 Å². The Morgan fingerprint density at radius 3 is 1.19 bits per heavy atom. The standard InChI is InChI=1S/C24H42O2/c1-23(2,3)22(25)26-24(19-13-7-4-8-14-19,20-15-9-5-10-16-20)21-17-11-6-12-18-21/h19-21H,4-18H2,1-3H3. The Morgan fingerprint density at radius 1 is 0.615 bits per heavy atom. The number of hydrogen-bond donors (Lipinski definition) is 0. The van der Waals surface area contributed by atoms with Gasteiger partial charge in [0.1, 0.15) is 5.60 Å². The Labute approximate surface area is 161 Å². The van der Waals surface area contributed by atoms with Crippen LogP contribution in [-0.4, -0.2) is 11.6 Å². The van der Waals surface area contributed by atoms with Crippen LogP contribution in [0.3, 0.4) is 0 Å². The quantitative estimate of drug-likeness (QED) is 0.501. The normalized spacial score (nSPS) is 25.2. The van der Waals surface area contributed by atoms with Gasteiger partial charge in [-0.05, 0) is 77.0 Å². The molecule has 3 aliphatic carbocycles. The number of ether oxygens (including phenoxy) is 1. The smallest absolute Gasteiger partial charge is 0.311 e. The summed E-state index contributed by atoms with van der Waals surface area (Å²) in [6.45, 7) is 6.09. The lowest BCUT2D eigenvalue weighted by atomic mass is 9.58. The zero-order chi connectivity index (χ0) is 18.6. The fourth-order valence-electron chi connectivity index (χ4n) is 6.22. The van der Waals surface area contributed by atoms with Crippen molar-refractivity contribution < 1.29 is 9.53 Å². The van der Waals surface area contributed by atoms with Crippen molar-refractivity contribution in [1.82, 2.24) is 0 Å². The molecule has 26 heavy (non-hydrogen) atoms. The third-order valence-corrected chi connectivity index (χ3v) is 7.61. The molecule has 0 amide bonds. The molecule has 3 aliphatic rings. The zero-order valence-corrected chi connectivity index (χ0v) is 17.7. The van der Waals surface area contributed by atoms with Crippen molar-refractivity contribution in [3.05, 3.63) is 0 Å². The van der Waals surface area contributed by atoms with E-state index in [2.05, 4.69) is 0 Å². The SMILES string of the molecule is CC(C)(C)C(=O)OC(C1CCCCC1)(C1CCCCC1)C1CCCCC1. The topological polar surface area (TPSA) is 26.3 Å². The van der Waals surface area contributed by atoms with E-state index in [-0.39, 0.29) is 11.6 Å². The highest BCUT2D eigenvalue weighted by Gasteiger charge is 2.54. The predicted octanol–water partition coefficient (Wildman–Crippen LogP) is 7.06. The van der Waals surface area contributed by atoms with Gasteiger partial charge in [-0.15, -0.1) is 0 Å². The van der Waals surface area contributed by atoms with Gasteiger partial charge in [0.2, 0.25) is 0 Å². The first-order chi connectivity index (χ1) is 12.4. The maximum Gasteiger partial charge on any atom is 0.311 e. The molecular formula is C24H42O2. The van der Waals surface area contributed by atoms with Crippen LogP contribution in [0, 0.1) is 23.2 Å². The Kier molecular flexibility index (Phi) is 6.73. The number of rotatable bonds is 4. The molecule has 3 saturated carbocycles. The van der Waals surface area contributed by atoms with Gasteiger partial charge in [-0.25, -0.2) is 0 Å². The summed E-state index contributed by atoms with van der Waals surface area (Å²) in [6.07, 6.45) is 19.8. The summed E-state index contributed by atoms with van der Waals surface area (Å²) in [5.41, 5.74) is -0.561. The molecule has 0 radical (unpaired) electrons. The van der Waals surface area contributed by atoms with Crippen LogP contribution in [0.25, 0.3) is 0 Å². The molecule has 0 aromatic rings. The van der Waals surface area contributed by atoms with Gasteiger partial charge in [-0.2, -0.15) is 0 Å². The average Bonchev–Trinajstić information content (AvgIpc) is 2.67. The number of esters is 1. The van der Waals surface area contributed by atoms with Crippen LogP contribution in [0.5, 0.6) is 0 Å². The van der Waals surface area contributed by atoms with Gasteiger partial charge in [-0.3, -0.25) is 4.79 Å². The highest BCUT2D eigenvalue weighted by molar-refractivity contribution is 5.76. The lowest BCUT2D eigenvalue weighted by molar-refractivity contribution is -0.206. The van der Waals surface area contributed by atoms with Crippen molar-refractivity contribution >= 4 is 5.97 Å². The summed E-state index contributed by atoms with van der Waals surface area (Å²) < 4.78 is 6.78. The second-order valence-electron chi connectivity index (χ2n) is 10.5. The first kappa shape index (κ1) is 20.2. The minimum absolute atomic E-state index is 0.0548. The highest BCUT2D eigenvalue weighted by atomic mass is 16.6. The molecule has 0 aromatic heterocycles. The molecule has 150 valence electrons. The highest BCUT2D eigenvalue weighted by Crippen LogP contribution is 2.53. The van der Waals surface area contributed by atoms with Crippen LogP contribution in [0.15, 0.2) is 0 Å². The van der Waals surface area contributed by atoms with Gasteiger partial charge in [0.15, 0.2) is 0 Å². The van der Waals surface area contributed by atoms with Crippen LogP contribution in [0.2, 0.25) is 0 Å². The summed E-state index contributed by atoms with van der Waals surface area (Å²) in [5, 5.41) is 0. The lowest BCUT2D eigenvalue weighted by Crippen LogP contribution is -2.57. The summed E-state index contributed by atoms with van der Waals surface area (Å²) >= 11 is 0. The molecular weight excluding hydrogens is 320 g/mol. The lowest BCUT2D eigenvalue weighted by Gasteiger charge is -2.54. The molecule has 3 fully saturated rings. The molecule has 0 spiro atoms. The van der Waals surface area contributed by atoms with E-state index in [1.807, 2.05) is 20.8 Å². The van der Waals surface area contributed by atoms with Crippen LogP contribution >= 0.6 is 0 Å². The van der Waals surface area contributed by atoms with Crippen LogP contribution < -0.4 is 0 Å². The van der Waals surface area contributed by atoms with Crippen molar-refractivity contribution in [3.8, 4) is 0 Å². The van der Waals surface area contributed by atoms with E-state index in [0.717, 1.165) is 0 Å². The molecule has 0 atom stereocenters. The Hall–Kier alpha value is -0.530. The molecule has 0 unspecified atom stereocenters. The molecule has 0 bridgehead atoms. The molecule has 0 heterocycles. The Balaban J connectivity index is 1.97. The number of hydrogen-bond acceptors (Lipinski definition) is 2. The van der Waals surface area contributed by atoms with Crippen LogP contribution in [-0.2, 0) is 9.53 Å². The van der Waals surface area contributed by atoms with E-state index < -0.39 is 5.41 Å². The average molecular weight is 363 g/mol. The minimum atomic E-state index is -0.400. The van der Waals surface area contributed by atoms with Gasteiger partial charge in [0.25, 0.3) is 0 Å².